The topological polar surface area (TPSA) is 77.2 Å². The highest BCUT2D eigenvalue weighted by atomic mass is 16.5. The molecule has 4 rings (SSSR count). The summed E-state index contributed by atoms with van der Waals surface area (Å²) in [6.07, 6.45) is 1.67. The Hall–Kier alpha value is -3.67. The number of hydrogen-bond donors (Lipinski definition) is 1. The van der Waals surface area contributed by atoms with E-state index in [-0.39, 0.29) is 12.5 Å². The van der Waals surface area contributed by atoms with E-state index in [1.807, 2.05) is 42.5 Å². The SMILES string of the molecule is CC(C)c1ccc(OCC(=O)Nc2ccc(-c3nc4ncccc4o3)cc2)cc1. The first-order valence-corrected chi connectivity index (χ1v) is 9.43. The van der Waals surface area contributed by atoms with E-state index in [9.17, 15) is 4.79 Å². The Morgan fingerprint density at radius 1 is 1.07 bits per heavy atom. The molecule has 6 nitrogen and oxygen atoms in total. The van der Waals surface area contributed by atoms with Gasteiger partial charge in [0.15, 0.2) is 17.8 Å². The molecule has 2 aromatic heterocycles. The third-order valence-corrected chi connectivity index (χ3v) is 4.50. The number of nitrogens with one attached hydrogen (secondary N) is 1. The minimum Gasteiger partial charge on any atom is -0.484 e. The second-order valence-corrected chi connectivity index (χ2v) is 6.98. The Labute approximate surface area is 168 Å². The summed E-state index contributed by atoms with van der Waals surface area (Å²) in [6, 6.07) is 18.7. The first-order chi connectivity index (χ1) is 14.1. The predicted molar refractivity (Wildman–Crippen MR) is 112 cm³/mol. The van der Waals surface area contributed by atoms with Gasteiger partial charge in [-0.2, -0.15) is 4.98 Å². The maximum Gasteiger partial charge on any atom is 0.262 e. The summed E-state index contributed by atoms with van der Waals surface area (Å²) in [4.78, 5) is 20.7. The van der Waals surface area contributed by atoms with Gasteiger partial charge in [-0.15, -0.1) is 0 Å². The van der Waals surface area contributed by atoms with Crippen molar-refractivity contribution in [2.24, 2.45) is 0 Å². The third-order valence-electron chi connectivity index (χ3n) is 4.50. The Morgan fingerprint density at radius 3 is 2.52 bits per heavy atom. The summed E-state index contributed by atoms with van der Waals surface area (Å²) in [5, 5.41) is 2.82. The summed E-state index contributed by atoms with van der Waals surface area (Å²) >= 11 is 0. The molecule has 0 bridgehead atoms. The zero-order valence-corrected chi connectivity index (χ0v) is 16.3. The van der Waals surface area contributed by atoms with Gasteiger partial charge in [0, 0.05) is 17.4 Å². The number of fused-ring (bicyclic) bond motifs is 1. The molecule has 0 aliphatic heterocycles. The van der Waals surface area contributed by atoms with Crippen molar-refractivity contribution in [3.05, 3.63) is 72.4 Å². The highest BCUT2D eigenvalue weighted by molar-refractivity contribution is 5.92. The van der Waals surface area contributed by atoms with E-state index < -0.39 is 0 Å². The predicted octanol–water partition coefficient (Wildman–Crippen LogP) is 5.03. The number of aromatic nitrogens is 2. The van der Waals surface area contributed by atoms with Crippen molar-refractivity contribution in [1.29, 1.82) is 0 Å². The number of carbonyl (C=O) groups excluding carboxylic acids is 1. The van der Waals surface area contributed by atoms with Crippen LogP contribution in [0.4, 0.5) is 5.69 Å². The third kappa shape index (κ3) is 4.43. The number of ether oxygens (including phenoxy) is 1. The number of oxazole rings is 1. The number of hydrogen-bond acceptors (Lipinski definition) is 5. The molecule has 0 radical (unpaired) electrons. The van der Waals surface area contributed by atoms with Gasteiger partial charge >= 0.3 is 0 Å². The first kappa shape index (κ1) is 18.7. The standard InChI is InChI=1S/C23H21N3O3/c1-15(2)16-7-11-19(12-8-16)28-14-21(27)25-18-9-5-17(6-10-18)23-26-22-20(29-23)4-3-13-24-22/h3-13,15H,14H2,1-2H3,(H,25,27). The van der Waals surface area contributed by atoms with Gasteiger partial charge in [-0.05, 0) is 60.0 Å². The number of amides is 1. The van der Waals surface area contributed by atoms with Gasteiger partial charge in [-0.1, -0.05) is 26.0 Å². The number of carbonyl (C=O) groups is 1. The maximum absolute atomic E-state index is 12.2. The zero-order valence-electron chi connectivity index (χ0n) is 16.3. The van der Waals surface area contributed by atoms with Crippen molar-refractivity contribution in [2.45, 2.75) is 19.8 Å². The molecule has 0 spiro atoms. The normalized spacial score (nSPS) is 11.0. The maximum atomic E-state index is 12.2. The van der Waals surface area contributed by atoms with Crippen LogP contribution in [0.2, 0.25) is 0 Å². The minimum atomic E-state index is -0.225. The van der Waals surface area contributed by atoms with Gasteiger partial charge in [0.1, 0.15) is 5.75 Å². The van der Waals surface area contributed by atoms with Crippen LogP contribution in [0.25, 0.3) is 22.7 Å². The molecular weight excluding hydrogens is 366 g/mol. The second kappa shape index (κ2) is 8.14. The van der Waals surface area contributed by atoms with Crippen molar-refractivity contribution in [3.63, 3.8) is 0 Å². The van der Waals surface area contributed by atoms with E-state index in [1.54, 1.807) is 24.4 Å². The van der Waals surface area contributed by atoms with Crippen molar-refractivity contribution in [2.75, 3.05) is 11.9 Å². The summed E-state index contributed by atoms with van der Waals surface area (Å²) in [5.41, 5.74) is 3.92. The lowest BCUT2D eigenvalue weighted by Crippen LogP contribution is -2.20. The molecule has 0 saturated carbocycles. The molecule has 0 atom stereocenters. The summed E-state index contributed by atoms with van der Waals surface area (Å²) in [6.45, 7) is 4.21. The van der Waals surface area contributed by atoms with Gasteiger partial charge in [-0.3, -0.25) is 4.79 Å². The molecule has 0 unspecified atom stereocenters. The van der Waals surface area contributed by atoms with Crippen LogP contribution in [0.5, 0.6) is 5.75 Å². The molecule has 1 N–H and O–H groups in total. The summed E-state index contributed by atoms with van der Waals surface area (Å²) < 4.78 is 11.3. The lowest BCUT2D eigenvalue weighted by molar-refractivity contribution is -0.118. The Balaban J connectivity index is 1.35. The molecule has 0 aliphatic carbocycles. The van der Waals surface area contributed by atoms with Crippen LogP contribution in [0.3, 0.4) is 0 Å². The molecule has 2 heterocycles. The van der Waals surface area contributed by atoms with Crippen LogP contribution in [0, 0.1) is 0 Å². The minimum absolute atomic E-state index is 0.0560. The lowest BCUT2D eigenvalue weighted by Gasteiger charge is -2.09. The lowest BCUT2D eigenvalue weighted by atomic mass is 10.0. The Morgan fingerprint density at radius 2 is 1.83 bits per heavy atom. The van der Waals surface area contributed by atoms with E-state index in [4.69, 9.17) is 9.15 Å². The van der Waals surface area contributed by atoms with Crippen LogP contribution in [-0.2, 0) is 4.79 Å². The van der Waals surface area contributed by atoms with E-state index >= 15 is 0 Å². The Kier molecular flexibility index (Phi) is 5.24. The van der Waals surface area contributed by atoms with E-state index in [2.05, 4.69) is 29.1 Å². The molecule has 29 heavy (non-hydrogen) atoms. The van der Waals surface area contributed by atoms with Gasteiger partial charge in [-0.25, -0.2) is 4.98 Å². The van der Waals surface area contributed by atoms with Crippen molar-refractivity contribution >= 4 is 22.8 Å². The monoisotopic (exact) mass is 387 g/mol. The van der Waals surface area contributed by atoms with Crippen molar-refractivity contribution in [3.8, 4) is 17.2 Å². The van der Waals surface area contributed by atoms with Gasteiger partial charge in [0.05, 0.1) is 0 Å². The molecule has 4 aromatic rings. The molecule has 0 saturated heterocycles. The van der Waals surface area contributed by atoms with Gasteiger partial charge in [0.2, 0.25) is 5.89 Å². The number of rotatable bonds is 6. The van der Waals surface area contributed by atoms with Crippen molar-refractivity contribution < 1.29 is 13.9 Å². The number of pyridine rings is 1. The zero-order chi connectivity index (χ0) is 20.2. The van der Waals surface area contributed by atoms with Crippen LogP contribution >= 0.6 is 0 Å². The fraction of sp³-hybridized carbons (Fsp3) is 0.174. The number of nitrogens with zero attached hydrogens (tertiary/aromatic N) is 2. The van der Waals surface area contributed by atoms with E-state index in [1.165, 1.54) is 5.56 Å². The number of benzene rings is 2. The highest BCUT2D eigenvalue weighted by Crippen LogP contribution is 2.24. The average Bonchev–Trinajstić information content (AvgIpc) is 3.17. The van der Waals surface area contributed by atoms with E-state index in [0.717, 1.165) is 5.56 Å². The molecule has 0 fully saturated rings. The van der Waals surface area contributed by atoms with E-state index in [0.29, 0.717) is 34.5 Å². The average molecular weight is 387 g/mol. The molecule has 0 aliphatic rings. The quantitative estimate of drug-likeness (QED) is 0.502. The molecule has 6 heteroatoms. The smallest absolute Gasteiger partial charge is 0.262 e. The van der Waals surface area contributed by atoms with Gasteiger partial charge < -0.3 is 14.5 Å². The second-order valence-electron chi connectivity index (χ2n) is 6.98. The fourth-order valence-electron chi connectivity index (χ4n) is 2.88. The summed E-state index contributed by atoms with van der Waals surface area (Å²) in [7, 11) is 0. The Bertz CT molecular complexity index is 1080. The fourth-order valence-corrected chi connectivity index (χ4v) is 2.88. The van der Waals surface area contributed by atoms with Crippen LogP contribution in [0.15, 0.2) is 71.3 Å². The van der Waals surface area contributed by atoms with Gasteiger partial charge in [0.25, 0.3) is 5.91 Å². The van der Waals surface area contributed by atoms with Crippen molar-refractivity contribution in [1.82, 2.24) is 9.97 Å². The molecule has 146 valence electrons. The number of anilines is 1. The summed E-state index contributed by atoms with van der Waals surface area (Å²) in [5.74, 6) is 1.40. The van der Waals surface area contributed by atoms with Crippen LogP contribution < -0.4 is 10.1 Å². The first-order valence-electron chi connectivity index (χ1n) is 9.43. The molecule has 1 amide bonds. The largest absolute Gasteiger partial charge is 0.484 e. The van der Waals surface area contributed by atoms with Crippen LogP contribution in [0.1, 0.15) is 25.3 Å². The van der Waals surface area contributed by atoms with Crippen LogP contribution in [-0.4, -0.2) is 22.5 Å². The highest BCUT2D eigenvalue weighted by Gasteiger charge is 2.09. The molecular formula is C23H21N3O3. The molecule has 2 aromatic carbocycles.